The Kier molecular flexibility index (Phi) is 4.70. The molecule has 0 saturated carbocycles. The molecule has 1 heterocycles. The molecule has 4 nitrogen and oxygen atoms in total. The summed E-state index contributed by atoms with van der Waals surface area (Å²) >= 11 is -1.10. The molecule has 0 amide bonds. The third kappa shape index (κ3) is 3.73. The maximum absolute atomic E-state index is 12.0. The molecule has 1 N–H and O–H groups in total. The average molecular weight is 241 g/mol. The molecule has 0 aromatic carbocycles. The molecule has 90 valence electrons. The van der Waals surface area contributed by atoms with Crippen molar-refractivity contribution in [1.82, 2.24) is 14.7 Å². The minimum atomic E-state index is -1.10. The summed E-state index contributed by atoms with van der Waals surface area (Å²) in [5.74, 6) is 0.697. The van der Waals surface area contributed by atoms with Crippen LogP contribution in [0.25, 0.3) is 0 Å². The van der Waals surface area contributed by atoms with E-state index in [1.54, 1.807) is 18.5 Å². The first-order valence-corrected chi connectivity index (χ1v) is 6.55. The third-order valence-electron chi connectivity index (χ3n) is 2.11. The van der Waals surface area contributed by atoms with Crippen LogP contribution < -0.4 is 4.72 Å². The molecule has 0 bridgehead atoms. The van der Waals surface area contributed by atoms with Crippen molar-refractivity contribution < 1.29 is 4.55 Å². The van der Waals surface area contributed by atoms with E-state index in [1.165, 1.54) is 0 Å². The van der Waals surface area contributed by atoms with E-state index >= 15 is 0 Å². The normalized spacial score (nSPS) is 15.8. The van der Waals surface area contributed by atoms with Crippen molar-refractivity contribution in [3.8, 4) is 0 Å². The lowest BCUT2D eigenvalue weighted by molar-refractivity contribution is 0.509. The fourth-order valence-electron chi connectivity index (χ4n) is 1.12. The molecule has 0 spiro atoms. The zero-order valence-electron chi connectivity index (χ0n) is 10.2. The lowest BCUT2D eigenvalue weighted by Gasteiger charge is -2.26. The minimum absolute atomic E-state index is 0.0544. The second-order valence-corrected chi connectivity index (χ2v) is 6.56. The van der Waals surface area contributed by atoms with E-state index in [1.807, 2.05) is 27.7 Å². The van der Waals surface area contributed by atoms with E-state index in [4.69, 9.17) is 0 Å². The number of rotatable bonds is 4. The zero-order valence-corrected chi connectivity index (χ0v) is 11.0. The molecule has 0 radical (unpaired) electrons. The lowest BCUT2D eigenvalue weighted by Crippen LogP contribution is -2.41. The van der Waals surface area contributed by atoms with Crippen LogP contribution in [0.3, 0.4) is 0 Å². The van der Waals surface area contributed by atoms with Gasteiger partial charge in [-0.25, -0.2) is 9.97 Å². The van der Waals surface area contributed by atoms with Gasteiger partial charge in [0.25, 0.3) is 0 Å². The maximum atomic E-state index is 12.0. The Hall–Kier alpha value is -0.650. The van der Waals surface area contributed by atoms with Crippen LogP contribution in [-0.4, -0.2) is 19.3 Å². The number of nitrogens with zero attached hydrogens (tertiary/aromatic N) is 2. The van der Waals surface area contributed by atoms with Gasteiger partial charge in [0.1, 0.15) is 16.6 Å². The second-order valence-electron chi connectivity index (χ2n) is 4.57. The predicted molar refractivity (Wildman–Crippen MR) is 66.1 cm³/mol. The first-order chi connectivity index (χ1) is 7.45. The van der Waals surface area contributed by atoms with Gasteiger partial charge in [0.05, 0.1) is 0 Å². The van der Waals surface area contributed by atoms with E-state index in [9.17, 15) is 4.55 Å². The highest BCUT2D eigenvalue weighted by atomic mass is 32.2. The maximum Gasteiger partial charge on any atom is 0.149 e. The Bertz CT molecular complexity index is 313. The first kappa shape index (κ1) is 13.4. The quantitative estimate of drug-likeness (QED) is 0.819. The molecular weight excluding hydrogens is 222 g/mol. The van der Waals surface area contributed by atoms with Gasteiger partial charge < -0.3 is 4.55 Å². The van der Waals surface area contributed by atoms with Crippen molar-refractivity contribution in [3.05, 3.63) is 24.3 Å². The number of hydrogen-bond acceptors (Lipinski definition) is 4. The molecule has 0 saturated heterocycles. The summed E-state index contributed by atoms with van der Waals surface area (Å²) in [6.45, 7) is 7.84. The smallest absolute Gasteiger partial charge is 0.149 e. The van der Waals surface area contributed by atoms with Gasteiger partial charge in [-0.1, -0.05) is 6.92 Å². The van der Waals surface area contributed by atoms with E-state index in [0.29, 0.717) is 5.82 Å². The van der Waals surface area contributed by atoms with Crippen LogP contribution in [0.1, 0.15) is 46.0 Å². The Morgan fingerprint density at radius 2 is 1.94 bits per heavy atom. The summed E-state index contributed by atoms with van der Waals surface area (Å²) in [5.41, 5.74) is 0. The largest absolute Gasteiger partial charge is 0.598 e. The zero-order chi connectivity index (χ0) is 12.2. The molecule has 1 aromatic rings. The van der Waals surface area contributed by atoms with Crippen molar-refractivity contribution in [3.63, 3.8) is 0 Å². The van der Waals surface area contributed by atoms with Crippen molar-refractivity contribution in [1.29, 1.82) is 0 Å². The molecule has 0 aliphatic rings. The molecule has 2 atom stereocenters. The highest BCUT2D eigenvalue weighted by Gasteiger charge is 2.29. The monoisotopic (exact) mass is 241 g/mol. The van der Waals surface area contributed by atoms with E-state index < -0.39 is 11.4 Å². The van der Waals surface area contributed by atoms with Gasteiger partial charge in [-0.05, 0) is 33.3 Å². The Balaban J connectivity index is 2.70. The van der Waals surface area contributed by atoms with Gasteiger partial charge in [0.2, 0.25) is 0 Å². The summed E-state index contributed by atoms with van der Waals surface area (Å²) in [6, 6.07) is 1.72. The van der Waals surface area contributed by atoms with Gasteiger partial charge in [0, 0.05) is 23.8 Å². The van der Waals surface area contributed by atoms with Gasteiger partial charge in [-0.2, -0.15) is 0 Å². The summed E-state index contributed by atoms with van der Waals surface area (Å²) < 4.78 is 14.7. The van der Waals surface area contributed by atoms with E-state index in [2.05, 4.69) is 14.7 Å². The molecule has 5 heteroatoms. The summed E-state index contributed by atoms with van der Waals surface area (Å²) in [6.07, 6.45) is 4.21. The molecular formula is C11H19N3OS. The van der Waals surface area contributed by atoms with Gasteiger partial charge >= 0.3 is 0 Å². The number of aromatic nitrogens is 2. The molecule has 0 aliphatic carbocycles. The Morgan fingerprint density at radius 1 is 1.38 bits per heavy atom. The summed E-state index contributed by atoms with van der Waals surface area (Å²) in [5, 5.41) is 0. The number of hydrogen-bond donors (Lipinski definition) is 1. The van der Waals surface area contributed by atoms with Gasteiger partial charge in [0.15, 0.2) is 0 Å². The molecule has 16 heavy (non-hydrogen) atoms. The first-order valence-electron chi connectivity index (χ1n) is 5.40. The Labute approximate surface area is 100 Å². The fraction of sp³-hybridized carbons (Fsp3) is 0.636. The van der Waals surface area contributed by atoms with Crippen LogP contribution in [0.15, 0.2) is 18.5 Å². The summed E-state index contributed by atoms with van der Waals surface area (Å²) in [4.78, 5) is 8.35. The third-order valence-corrected chi connectivity index (χ3v) is 3.72. The van der Waals surface area contributed by atoms with Crippen LogP contribution in [0, 0.1) is 0 Å². The molecule has 2 unspecified atom stereocenters. The average Bonchev–Trinajstić information content (AvgIpc) is 2.25. The Morgan fingerprint density at radius 3 is 2.38 bits per heavy atom. The minimum Gasteiger partial charge on any atom is -0.598 e. The van der Waals surface area contributed by atoms with Crippen LogP contribution in [0.2, 0.25) is 0 Å². The highest BCUT2D eigenvalue weighted by molar-refractivity contribution is 7.90. The second kappa shape index (κ2) is 5.61. The van der Waals surface area contributed by atoms with Crippen molar-refractivity contribution in [2.75, 3.05) is 0 Å². The molecule has 1 aromatic heterocycles. The van der Waals surface area contributed by atoms with Crippen molar-refractivity contribution >= 4 is 11.4 Å². The SMILES string of the molecule is CCC(N[S+]([O-])C(C)(C)C)c1ncccn1. The topological polar surface area (TPSA) is 60.9 Å². The van der Waals surface area contributed by atoms with Crippen molar-refractivity contribution in [2.24, 2.45) is 0 Å². The van der Waals surface area contributed by atoms with Crippen LogP contribution >= 0.6 is 0 Å². The van der Waals surface area contributed by atoms with E-state index in [0.717, 1.165) is 6.42 Å². The predicted octanol–water partition coefficient (Wildman–Crippen LogP) is 1.98. The van der Waals surface area contributed by atoms with Gasteiger partial charge in [-0.3, -0.25) is 0 Å². The fourth-order valence-corrected chi connectivity index (χ4v) is 2.00. The lowest BCUT2D eigenvalue weighted by atomic mass is 10.2. The van der Waals surface area contributed by atoms with Gasteiger partial charge in [-0.15, -0.1) is 4.72 Å². The number of nitrogens with one attached hydrogen (secondary N) is 1. The molecule has 0 aliphatic heterocycles. The van der Waals surface area contributed by atoms with E-state index in [-0.39, 0.29) is 10.8 Å². The molecule has 1 rings (SSSR count). The van der Waals surface area contributed by atoms with Crippen molar-refractivity contribution in [2.45, 2.75) is 44.9 Å². The van der Waals surface area contributed by atoms with Crippen LogP contribution in [-0.2, 0) is 11.4 Å². The standard InChI is InChI=1S/C11H19N3OS/c1-5-9(10-12-7-6-8-13-10)14-16(15)11(2,3)4/h6-9,14H,5H2,1-4H3. The van der Waals surface area contributed by atoms with Crippen LogP contribution in [0.5, 0.6) is 0 Å². The van der Waals surface area contributed by atoms with Crippen LogP contribution in [0.4, 0.5) is 0 Å². The highest BCUT2D eigenvalue weighted by Crippen LogP contribution is 2.19. The molecule has 0 fully saturated rings. The summed E-state index contributed by atoms with van der Waals surface area (Å²) in [7, 11) is 0.